The second-order valence-electron chi connectivity index (χ2n) is 2.82. The summed E-state index contributed by atoms with van der Waals surface area (Å²) in [5.41, 5.74) is 3.44. The maximum Gasteiger partial charge on any atom is 0.0409 e. The van der Waals surface area contributed by atoms with Crippen molar-refractivity contribution >= 4 is 0 Å². The molecule has 1 rings (SSSR count). The third-order valence-electron chi connectivity index (χ3n) is 1.55. The van der Waals surface area contributed by atoms with Gasteiger partial charge in [0.25, 0.3) is 0 Å². The van der Waals surface area contributed by atoms with Crippen molar-refractivity contribution in [2.45, 2.75) is 26.7 Å². The van der Waals surface area contributed by atoms with Gasteiger partial charge in [-0.3, -0.25) is 4.98 Å². The monoisotopic (exact) mass is 147 g/mol. The first-order valence-electron chi connectivity index (χ1n) is 3.86. The van der Waals surface area contributed by atoms with Gasteiger partial charge in [-0.15, -0.1) is 0 Å². The van der Waals surface area contributed by atoms with E-state index in [9.17, 15) is 0 Å². The quantitative estimate of drug-likeness (QED) is 0.625. The highest BCUT2D eigenvalue weighted by molar-refractivity contribution is 5.19. The summed E-state index contributed by atoms with van der Waals surface area (Å²) in [5, 5.41) is 0. The summed E-state index contributed by atoms with van der Waals surface area (Å²) in [6.07, 6.45) is 1.55. The molecule has 0 saturated heterocycles. The van der Waals surface area contributed by atoms with Crippen LogP contribution < -0.4 is 0 Å². The minimum Gasteiger partial charge on any atom is -0.258 e. The number of aryl methyl sites for hydroxylation is 3. The third kappa shape index (κ3) is 2.34. The summed E-state index contributed by atoms with van der Waals surface area (Å²) >= 11 is 0. The van der Waals surface area contributed by atoms with Gasteiger partial charge in [0.05, 0.1) is 0 Å². The lowest BCUT2D eigenvalue weighted by Crippen LogP contribution is -1.92. The molecule has 11 heavy (non-hydrogen) atoms. The molecule has 58 valence electrons. The molecule has 1 aromatic heterocycles. The fraction of sp³-hybridized carbons (Fsp3) is 0.400. The molecule has 0 saturated carbocycles. The van der Waals surface area contributed by atoms with Crippen molar-refractivity contribution in [3.63, 3.8) is 0 Å². The predicted molar refractivity (Wildman–Crippen MR) is 46.3 cm³/mol. The van der Waals surface area contributed by atoms with Crippen molar-refractivity contribution in [3.05, 3.63) is 36.0 Å². The van der Waals surface area contributed by atoms with Gasteiger partial charge in [0, 0.05) is 11.4 Å². The summed E-state index contributed by atoms with van der Waals surface area (Å²) in [4.78, 5) is 4.34. The predicted octanol–water partition coefficient (Wildman–Crippen LogP) is 2.34. The summed E-state index contributed by atoms with van der Waals surface area (Å²) in [6, 6.07) is 4.15. The Balaban J connectivity index is 2.89. The first-order valence-corrected chi connectivity index (χ1v) is 3.86. The molecule has 0 amide bonds. The van der Waals surface area contributed by atoms with Crippen LogP contribution in [0.5, 0.6) is 0 Å². The Morgan fingerprint density at radius 2 is 2.09 bits per heavy atom. The topological polar surface area (TPSA) is 12.9 Å². The molecule has 0 atom stereocenters. The summed E-state index contributed by atoms with van der Waals surface area (Å²) in [7, 11) is 0. The van der Waals surface area contributed by atoms with E-state index in [0.717, 1.165) is 17.8 Å². The molecule has 2 radical (unpaired) electrons. The lowest BCUT2D eigenvalue weighted by Gasteiger charge is -2.01. The zero-order valence-electron chi connectivity index (χ0n) is 7.09. The van der Waals surface area contributed by atoms with Gasteiger partial charge in [-0.25, -0.2) is 0 Å². The molecule has 0 N–H and O–H groups in total. The zero-order chi connectivity index (χ0) is 8.27. The van der Waals surface area contributed by atoms with Gasteiger partial charge < -0.3 is 0 Å². The molecule has 0 aliphatic heterocycles. The van der Waals surface area contributed by atoms with Crippen molar-refractivity contribution in [1.29, 1.82) is 0 Å². The molecule has 1 heteroatoms. The molecular weight excluding hydrogens is 134 g/mol. The fourth-order valence-corrected chi connectivity index (χ4v) is 1.20. The minimum absolute atomic E-state index is 0.676. The Hall–Kier alpha value is -0.850. The van der Waals surface area contributed by atoms with Crippen LogP contribution in [0.4, 0.5) is 0 Å². The average molecular weight is 147 g/mol. The van der Waals surface area contributed by atoms with Gasteiger partial charge >= 0.3 is 0 Å². The van der Waals surface area contributed by atoms with Crippen LogP contribution in [-0.2, 0) is 6.42 Å². The Morgan fingerprint density at radius 1 is 1.36 bits per heavy atom. The molecule has 1 heterocycles. The molecule has 1 nitrogen and oxygen atoms in total. The van der Waals surface area contributed by atoms with E-state index in [-0.39, 0.29) is 0 Å². The van der Waals surface area contributed by atoms with E-state index in [1.54, 1.807) is 0 Å². The van der Waals surface area contributed by atoms with Crippen molar-refractivity contribution in [2.24, 2.45) is 0 Å². The van der Waals surface area contributed by atoms with Gasteiger partial charge in [0.1, 0.15) is 0 Å². The van der Waals surface area contributed by atoms with Crippen LogP contribution >= 0.6 is 0 Å². The Morgan fingerprint density at radius 3 is 2.64 bits per heavy atom. The number of aromatic nitrogens is 1. The molecule has 0 aliphatic carbocycles. The van der Waals surface area contributed by atoms with Crippen LogP contribution in [0.25, 0.3) is 0 Å². The van der Waals surface area contributed by atoms with Gasteiger partial charge in [-0.2, -0.15) is 0 Å². The van der Waals surface area contributed by atoms with Crippen molar-refractivity contribution in [2.75, 3.05) is 0 Å². The van der Waals surface area contributed by atoms with Gasteiger partial charge in [-0.1, -0.05) is 0 Å². The molecule has 0 unspecified atom stereocenters. The van der Waals surface area contributed by atoms with Gasteiger partial charge in [0.2, 0.25) is 0 Å². The average Bonchev–Trinajstić information content (AvgIpc) is 1.85. The molecule has 0 fully saturated rings. The van der Waals surface area contributed by atoms with Crippen LogP contribution in [0.2, 0.25) is 0 Å². The largest absolute Gasteiger partial charge is 0.258 e. The number of hydrogen-bond donors (Lipinski definition) is 0. The highest BCUT2D eigenvalue weighted by Crippen LogP contribution is 2.05. The Labute approximate surface area is 68.5 Å². The minimum atomic E-state index is 0.676. The number of rotatable bonds is 2. The molecule has 0 bridgehead atoms. The zero-order valence-corrected chi connectivity index (χ0v) is 7.09. The first-order chi connectivity index (χ1) is 5.22. The van der Waals surface area contributed by atoms with Gasteiger partial charge in [-0.05, 0) is 51.3 Å². The van der Waals surface area contributed by atoms with E-state index in [1.807, 2.05) is 6.92 Å². The Bertz CT molecular complexity index is 220. The SMILES string of the molecule is [CH]CCc1cc(C)cc(C)n1. The summed E-state index contributed by atoms with van der Waals surface area (Å²) in [6.45, 7) is 9.51. The molecule has 0 aliphatic rings. The van der Waals surface area contributed by atoms with Crippen molar-refractivity contribution in [3.8, 4) is 0 Å². The normalized spacial score (nSPS) is 10.1. The maximum absolute atomic E-state index is 5.42. The summed E-state index contributed by atoms with van der Waals surface area (Å²) < 4.78 is 0. The smallest absolute Gasteiger partial charge is 0.0409 e. The van der Waals surface area contributed by atoms with E-state index in [0.29, 0.717) is 6.42 Å². The van der Waals surface area contributed by atoms with Gasteiger partial charge in [0.15, 0.2) is 0 Å². The van der Waals surface area contributed by atoms with Crippen LogP contribution in [0.1, 0.15) is 23.4 Å². The number of pyridine rings is 1. The van der Waals surface area contributed by atoms with Crippen molar-refractivity contribution < 1.29 is 0 Å². The van der Waals surface area contributed by atoms with E-state index in [2.05, 4.69) is 24.0 Å². The Kier molecular flexibility index (Phi) is 2.64. The van der Waals surface area contributed by atoms with E-state index in [4.69, 9.17) is 6.92 Å². The number of nitrogens with zero attached hydrogens (tertiary/aromatic N) is 1. The molecule has 0 aromatic carbocycles. The first kappa shape index (κ1) is 8.25. The van der Waals surface area contributed by atoms with Crippen molar-refractivity contribution in [1.82, 2.24) is 4.98 Å². The van der Waals surface area contributed by atoms with Crippen LogP contribution in [0.3, 0.4) is 0 Å². The lowest BCUT2D eigenvalue weighted by molar-refractivity contribution is 0.923. The van der Waals surface area contributed by atoms with Crippen LogP contribution in [0, 0.1) is 20.8 Å². The molecular formula is C10H13N. The second kappa shape index (κ2) is 3.51. The third-order valence-corrected chi connectivity index (χ3v) is 1.55. The standard InChI is InChI=1S/C10H13N/c1-4-5-10-7-8(2)6-9(3)11-10/h1,6-7H,4-5H2,2-3H3. The number of hydrogen-bond acceptors (Lipinski definition) is 1. The molecule has 1 aromatic rings. The highest BCUT2D eigenvalue weighted by atomic mass is 14.7. The van der Waals surface area contributed by atoms with E-state index < -0.39 is 0 Å². The fourth-order valence-electron chi connectivity index (χ4n) is 1.20. The molecule has 0 spiro atoms. The highest BCUT2D eigenvalue weighted by Gasteiger charge is 1.94. The summed E-state index contributed by atoms with van der Waals surface area (Å²) in [5.74, 6) is 0. The van der Waals surface area contributed by atoms with Crippen LogP contribution in [-0.4, -0.2) is 4.98 Å². The lowest BCUT2D eigenvalue weighted by atomic mass is 10.1. The van der Waals surface area contributed by atoms with Crippen LogP contribution in [0.15, 0.2) is 12.1 Å². The van der Waals surface area contributed by atoms with E-state index >= 15 is 0 Å². The maximum atomic E-state index is 5.42. The van der Waals surface area contributed by atoms with E-state index in [1.165, 1.54) is 5.56 Å². The second-order valence-corrected chi connectivity index (χ2v) is 2.82.